The number of hydrogen-bond acceptors (Lipinski definition) is 2. The van der Waals surface area contributed by atoms with Gasteiger partial charge < -0.3 is 9.64 Å². The van der Waals surface area contributed by atoms with Crippen molar-refractivity contribution in [1.82, 2.24) is 4.90 Å². The van der Waals surface area contributed by atoms with Crippen molar-refractivity contribution < 1.29 is 9.13 Å². The molecule has 0 fully saturated rings. The van der Waals surface area contributed by atoms with E-state index in [0.717, 1.165) is 34.7 Å². The largest absolute Gasteiger partial charge is 0.497 e. The van der Waals surface area contributed by atoms with Crippen LogP contribution in [0.15, 0.2) is 35.3 Å². The summed E-state index contributed by atoms with van der Waals surface area (Å²) in [5.74, 6) is 0.339. The van der Waals surface area contributed by atoms with Crippen LogP contribution in [0.2, 0.25) is 5.02 Å². The minimum Gasteiger partial charge on any atom is -0.497 e. The van der Waals surface area contributed by atoms with Crippen LogP contribution in [0.1, 0.15) is 23.6 Å². The normalized spacial score (nSPS) is 11.1. The quantitative estimate of drug-likeness (QED) is 0.542. The van der Waals surface area contributed by atoms with Crippen LogP contribution in [0.5, 0.6) is 5.75 Å². The van der Waals surface area contributed by atoms with Gasteiger partial charge in [0, 0.05) is 19.7 Å². The van der Waals surface area contributed by atoms with Gasteiger partial charge in [0.1, 0.15) is 11.6 Å². The van der Waals surface area contributed by atoms with E-state index in [4.69, 9.17) is 16.3 Å². The van der Waals surface area contributed by atoms with E-state index in [9.17, 15) is 4.39 Å². The lowest BCUT2D eigenvalue weighted by molar-refractivity contribution is 0.414. The highest BCUT2D eigenvalue weighted by Crippen LogP contribution is 2.30. The van der Waals surface area contributed by atoms with E-state index >= 15 is 0 Å². The average Bonchev–Trinajstić information content (AvgIpc) is 2.58. The summed E-state index contributed by atoms with van der Waals surface area (Å²) in [6.45, 7) is 4.97. The zero-order chi connectivity index (χ0) is 17.7. The molecule has 2 aromatic carbocycles. The Hall–Kier alpha value is -2.07. The first-order valence-electron chi connectivity index (χ1n) is 7.80. The van der Waals surface area contributed by atoms with Crippen molar-refractivity contribution in [3.05, 3.63) is 57.9 Å². The lowest BCUT2D eigenvalue weighted by Crippen LogP contribution is -2.14. The smallest absolute Gasteiger partial charge is 0.141 e. The minimum atomic E-state index is -0.407. The Morgan fingerprint density at radius 2 is 2.04 bits per heavy atom. The predicted octanol–water partition coefficient (Wildman–Crippen LogP) is 5.00. The molecule has 0 unspecified atom stereocenters. The molecule has 5 heteroatoms. The van der Waals surface area contributed by atoms with E-state index in [0.29, 0.717) is 6.42 Å². The van der Waals surface area contributed by atoms with Crippen molar-refractivity contribution in [3.8, 4) is 5.75 Å². The molecule has 0 aliphatic heterocycles. The number of aliphatic imine (C=N–C) groups is 1. The first-order chi connectivity index (χ1) is 11.4. The summed E-state index contributed by atoms with van der Waals surface area (Å²) < 4.78 is 18.7. The highest BCUT2D eigenvalue weighted by molar-refractivity contribution is 6.30. The fourth-order valence-corrected chi connectivity index (χ4v) is 2.48. The van der Waals surface area contributed by atoms with E-state index in [2.05, 4.69) is 11.9 Å². The Kier molecular flexibility index (Phi) is 6.21. The Morgan fingerprint density at radius 3 is 2.67 bits per heavy atom. The summed E-state index contributed by atoms with van der Waals surface area (Å²) >= 11 is 5.88. The fraction of sp³-hybridized carbons (Fsp3) is 0.316. The first kappa shape index (κ1) is 18.3. The fourth-order valence-electron chi connectivity index (χ4n) is 2.28. The number of ether oxygens (including phenoxy) is 1. The van der Waals surface area contributed by atoms with Crippen LogP contribution in [0.25, 0.3) is 0 Å². The summed E-state index contributed by atoms with van der Waals surface area (Å²) in [5, 5.41) is 0.135. The van der Waals surface area contributed by atoms with Crippen LogP contribution in [0.4, 0.5) is 10.1 Å². The monoisotopic (exact) mass is 348 g/mol. The molecule has 0 saturated heterocycles. The molecule has 0 heterocycles. The van der Waals surface area contributed by atoms with Crippen LogP contribution in [-0.4, -0.2) is 31.9 Å². The number of rotatable bonds is 6. The molecule has 0 aromatic heterocycles. The van der Waals surface area contributed by atoms with Gasteiger partial charge in [-0.2, -0.15) is 0 Å². The molecular formula is C19H22ClFN2O. The van der Waals surface area contributed by atoms with Gasteiger partial charge in [-0.1, -0.05) is 17.7 Å². The molecule has 0 saturated carbocycles. The van der Waals surface area contributed by atoms with Crippen molar-refractivity contribution in [2.24, 2.45) is 4.99 Å². The van der Waals surface area contributed by atoms with Gasteiger partial charge in [0.05, 0.1) is 24.2 Å². The van der Waals surface area contributed by atoms with Gasteiger partial charge in [0.2, 0.25) is 0 Å². The molecule has 0 aliphatic rings. The lowest BCUT2D eigenvalue weighted by atomic mass is 9.99. The molecule has 0 spiro atoms. The molecule has 3 nitrogen and oxygen atoms in total. The maximum Gasteiger partial charge on any atom is 0.141 e. The van der Waals surface area contributed by atoms with Crippen LogP contribution in [0, 0.1) is 12.7 Å². The lowest BCUT2D eigenvalue weighted by Gasteiger charge is -2.13. The second kappa shape index (κ2) is 8.15. The second-order valence-corrected chi connectivity index (χ2v) is 6.08. The highest BCUT2D eigenvalue weighted by atomic mass is 35.5. The Labute approximate surface area is 147 Å². The third-order valence-electron chi connectivity index (χ3n) is 3.97. The Bertz CT molecular complexity index is 746. The number of methoxy groups -OCH3 is 1. The molecule has 0 aliphatic carbocycles. The Balaban J connectivity index is 2.38. The maximum absolute atomic E-state index is 13.3. The van der Waals surface area contributed by atoms with Crippen molar-refractivity contribution in [2.75, 3.05) is 20.7 Å². The van der Waals surface area contributed by atoms with Crippen LogP contribution >= 0.6 is 11.6 Å². The topological polar surface area (TPSA) is 24.8 Å². The van der Waals surface area contributed by atoms with Gasteiger partial charge in [0.25, 0.3) is 0 Å². The van der Waals surface area contributed by atoms with Gasteiger partial charge in [0.15, 0.2) is 0 Å². The van der Waals surface area contributed by atoms with Crippen molar-refractivity contribution >= 4 is 23.6 Å². The second-order valence-electron chi connectivity index (χ2n) is 5.67. The van der Waals surface area contributed by atoms with Crippen LogP contribution in [-0.2, 0) is 6.42 Å². The summed E-state index contributed by atoms with van der Waals surface area (Å²) in [6.07, 6.45) is 2.44. The number of nitrogens with zero attached hydrogens (tertiary/aromatic N) is 2. The molecule has 0 N–H and O–H groups in total. The molecule has 0 bridgehead atoms. The molecule has 0 atom stereocenters. The van der Waals surface area contributed by atoms with Crippen molar-refractivity contribution in [3.63, 3.8) is 0 Å². The van der Waals surface area contributed by atoms with Gasteiger partial charge in [-0.25, -0.2) is 9.38 Å². The number of benzene rings is 2. The van der Waals surface area contributed by atoms with Gasteiger partial charge in [-0.15, -0.1) is 0 Å². The Morgan fingerprint density at radius 1 is 1.29 bits per heavy atom. The molecule has 0 amide bonds. The molecular weight excluding hydrogens is 327 g/mol. The minimum absolute atomic E-state index is 0.135. The molecule has 2 aromatic rings. The third kappa shape index (κ3) is 4.48. The van der Waals surface area contributed by atoms with Crippen LogP contribution in [0.3, 0.4) is 0 Å². The van der Waals surface area contributed by atoms with E-state index in [1.807, 2.05) is 31.0 Å². The summed E-state index contributed by atoms with van der Waals surface area (Å²) in [6, 6.07) is 8.69. The van der Waals surface area contributed by atoms with Crippen molar-refractivity contribution in [1.29, 1.82) is 0 Å². The number of hydrogen-bond donors (Lipinski definition) is 0. The highest BCUT2D eigenvalue weighted by Gasteiger charge is 2.10. The van der Waals surface area contributed by atoms with Crippen molar-refractivity contribution in [2.45, 2.75) is 20.3 Å². The maximum atomic E-state index is 13.3. The molecule has 2 rings (SSSR count). The van der Waals surface area contributed by atoms with Gasteiger partial charge in [-0.3, -0.25) is 0 Å². The molecule has 24 heavy (non-hydrogen) atoms. The summed E-state index contributed by atoms with van der Waals surface area (Å²) in [5.41, 5.74) is 3.94. The van der Waals surface area contributed by atoms with Crippen LogP contribution < -0.4 is 4.74 Å². The van der Waals surface area contributed by atoms with E-state index < -0.39 is 5.82 Å². The van der Waals surface area contributed by atoms with Gasteiger partial charge in [-0.05, 0) is 55.2 Å². The van der Waals surface area contributed by atoms with E-state index in [-0.39, 0.29) is 5.02 Å². The SMILES string of the molecule is CCN(C)C=Nc1cc(OC)cc(Cc2ccc(F)c(Cl)c2)c1C. The predicted molar refractivity (Wildman–Crippen MR) is 98.4 cm³/mol. The zero-order valence-corrected chi connectivity index (χ0v) is 15.2. The van der Waals surface area contributed by atoms with E-state index in [1.165, 1.54) is 6.07 Å². The molecule has 0 radical (unpaired) electrons. The summed E-state index contributed by atoms with van der Waals surface area (Å²) in [4.78, 5) is 6.55. The molecule has 128 valence electrons. The third-order valence-corrected chi connectivity index (χ3v) is 4.26. The average molecular weight is 349 g/mol. The summed E-state index contributed by atoms with van der Waals surface area (Å²) in [7, 11) is 3.61. The zero-order valence-electron chi connectivity index (χ0n) is 14.4. The number of halogens is 2. The van der Waals surface area contributed by atoms with Gasteiger partial charge >= 0.3 is 0 Å². The van der Waals surface area contributed by atoms with E-state index in [1.54, 1.807) is 25.6 Å². The standard InChI is InChI=1S/C19H22ClFN2O/c1-5-23(3)12-22-19-11-16(24-4)10-15(13(19)2)8-14-6-7-18(21)17(20)9-14/h6-7,9-12H,5,8H2,1-4H3. The first-order valence-corrected chi connectivity index (χ1v) is 8.18.